The largest absolute Gasteiger partial charge is 0.469 e. The quantitative estimate of drug-likeness (QED) is 0.294. The van der Waals surface area contributed by atoms with Gasteiger partial charge in [0, 0.05) is 12.7 Å². The van der Waals surface area contributed by atoms with Crippen molar-refractivity contribution in [1.29, 1.82) is 0 Å². The Kier molecular flexibility index (Phi) is 8.59. The average Bonchev–Trinajstić information content (AvgIpc) is 3.21. The lowest BCUT2D eigenvalue weighted by Crippen LogP contribution is -2.48. The van der Waals surface area contributed by atoms with E-state index in [2.05, 4.69) is 41.7 Å². The summed E-state index contributed by atoms with van der Waals surface area (Å²) in [6, 6.07) is 30.6. The molecule has 1 aliphatic heterocycles. The van der Waals surface area contributed by atoms with Crippen LogP contribution in [-0.4, -0.2) is 30.4 Å². The van der Waals surface area contributed by atoms with Gasteiger partial charge in [0.15, 0.2) is 0 Å². The van der Waals surface area contributed by atoms with Gasteiger partial charge < -0.3 is 15.0 Å². The second-order valence-corrected chi connectivity index (χ2v) is 9.54. The molecule has 3 aromatic rings. The molecule has 0 saturated carbocycles. The highest BCUT2D eigenvalue weighted by Crippen LogP contribution is 2.45. The van der Waals surface area contributed by atoms with E-state index in [1.54, 1.807) is 0 Å². The van der Waals surface area contributed by atoms with Gasteiger partial charge in [-0.25, -0.2) is 0 Å². The highest BCUT2D eigenvalue weighted by atomic mass is 16.5. The molecule has 0 aliphatic carbocycles. The summed E-state index contributed by atoms with van der Waals surface area (Å²) in [7, 11) is 1.37. The average molecular weight is 507 g/mol. The second kappa shape index (κ2) is 12.2. The predicted octanol–water partition coefficient (Wildman–Crippen LogP) is 5.81. The van der Waals surface area contributed by atoms with Gasteiger partial charge in [-0.2, -0.15) is 0 Å². The summed E-state index contributed by atoms with van der Waals surface area (Å²) in [5.41, 5.74) is 2.64. The molecule has 38 heavy (non-hydrogen) atoms. The van der Waals surface area contributed by atoms with Gasteiger partial charge in [-0.3, -0.25) is 9.59 Å². The Morgan fingerprint density at radius 1 is 0.789 bits per heavy atom. The van der Waals surface area contributed by atoms with Crippen molar-refractivity contribution in [3.63, 3.8) is 0 Å². The maximum absolute atomic E-state index is 13.9. The van der Waals surface area contributed by atoms with Gasteiger partial charge in [0.25, 0.3) is 5.91 Å². The first-order chi connectivity index (χ1) is 18.5. The number of methoxy groups -OCH3 is 1. The fraction of sp³-hybridized carbons (Fsp3) is 0.212. The standard InChI is InChI=1S/C33H34N2O3/c1-25(2)29(32(37)38-3)24-34-31(36)30-22-14-7-15-23-35(30)33(26-16-8-4-9-17-26,27-18-10-5-11-19-27)28-20-12-6-13-21-28/h4-23,25,29H,24H2,1-3H3,(H,34,36)/t29-/m0/s1. The molecule has 194 valence electrons. The van der Waals surface area contributed by atoms with E-state index in [1.807, 2.05) is 104 Å². The number of hydrogen-bond donors (Lipinski definition) is 1. The van der Waals surface area contributed by atoms with Crippen LogP contribution in [0.4, 0.5) is 0 Å². The zero-order valence-electron chi connectivity index (χ0n) is 22.1. The minimum atomic E-state index is -0.852. The molecule has 0 aromatic heterocycles. The van der Waals surface area contributed by atoms with Crippen LogP contribution in [0, 0.1) is 11.8 Å². The van der Waals surface area contributed by atoms with Gasteiger partial charge in [-0.15, -0.1) is 0 Å². The van der Waals surface area contributed by atoms with E-state index in [0.717, 1.165) is 16.7 Å². The van der Waals surface area contributed by atoms with E-state index in [1.165, 1.54) is 7.11 Å². The number of nitrogens with one attached hydrogen (secondary N) is 1. The minimum Gasteiger partial charge on any atom is -0.469 e. The number of hydrogen-bond acceptors (Lipinski definition) is 4. The lowest BCUT2D eigenvalue weighted by atomic mass is 9.75. The highest BCUT2D eigenvalue weighted by molar-refractivity contribution is 5.94. The summed E-state index contributed by atoms with van der Waals surface area (Å²) in [6.07, 6.45) is 9.47. The molecular formula is C33H34N2O3. The zero-order valence-corrected chi connectivity index (χ0v) is 22.1. The molecule has 1 amide bonds. The molecule has 5 heteroatoms. The summed E-state index contributed by atoms with van der Waals surface area (Å²) >= 11 is 0. The van der Waals surface area contributed by atoms with Crippen molar-refractivity contribution in [2.24, 2.45) is 11.8 Å². The van der Waals surface area contributed by atoms with Crippen LogP contribution in [0.5, 0.6) is 0 Å². The normalized spacial score (nSPS) is 14.0. The molecule has 0 saturated heterocycles. The smallest absolute Gasteiger partial charge is 0.310 e. The third-order valence-corrected chi connectivity index (χ3v) is 6.93. The molecule has 0 unspecified atom stereocenters. The molecule has 1 N–H and O–H groups in total. The van der Waals surface area contributed by atoms with E-state index < -0.39 is 11.5 Å². The van der Waals surface area contributed by atoms with Gasteiger partial charge in [-0.05, 0) is 34.8 Å². The SMILES string of the molecule is COC(=O)[C@@H](CNC(=O)C1=CC=CC=CN1C(c1ccccc1)(c1ccccc1)c1ccccc1)C(C)C. The molecule has 0 bridgehead atoms. The van der Waals surface area contributed by atoms with E-state index in [9.17, 15) is 9.59 Å². The summed E-state index contributed by atoms with van der Waals surface area (Å²) < 4.78 is 4.98. The highest BCUT2D eigenvalue weighted by Gasteiger charge is 2.44. The van der Waals surface area contributed by atoms with Crippen LogP contribution in [0.25, 0.3) is 0 Å². The number of amides is 1. The van der Waals surface area contributed by atoms with E-state index in [-0.39, 0.29) is 24.3 Å². The van der Waals surface area contributed by atoms with Crippen LogP contribution in [0.1, 0.15) is 30.5 Å². The van der Waals surface area contributed by atoms with Crippen LogP contribution in [0.2, 0.25) is 0 Å². The summed E-state index contributed by atoms with van der Waals surface area (Å²) in [5, 5.41) is 3.02. The fourth-order valence-electron chi connectivity index (χ4n) is 4.98. The van der Waals surface area contributed by atoms with Crippen LogP contribution in [0.3, 0.4) is 0 Å². The molecule has 0 fully saturated rings. The van der Waals surface area contributed by atoms with Crippen molar-refractivity contribution >= 4 is 11.9 Å². The van der Waals surface area contributed by atoms with E-state index in [0.29, 0.717) is 5.70 Å². The van der Waals surface area contributed by atoms with Crippen molar-refractivity contribution in [2.75, 3.05) is 13.7 Å². The zero-order chi connectivity index (χ0) is 27.0. The number of carbonyl (C=O) groups excluding carboxylic acids is 2. The lowest BCUT2D eigenvalue weighted by molar-refractivity contribution is -0.146. The van der Waals surface area contributed by atoms with Crippen molar-refractivity contribution in [1.82, 2.24) is 10.2 Å². The first-order valence-corrected chi connectivity index (χ1v) is 12.9. The Hall–Kier alpha value is -4.38. The Balaban J connectivity index is 1.88. The lowest BCUT2D eigenvalue weighted by Gasteiger charge is -2.45. The second-order valence-electron chi connectivity index (χ2n) is 9.54. The molecule has 0 spiro atoms. The Bertz CT molecular complexity index is 1220. The number of esters is 1. The van der Waals surface area contributed by atoms with Crippen molar-refractivity contribution in [3.8, 4) is 0 Å². The van der Waals surface area contributed by atoms with Gasteiger partial charge in [-0.1, -0.05) is 117 Å². The first kappa shape index (κ1) is 26.7. The number of nitrogens with zero attached hydrogens (tertiary/aromatic N) is 1. The van der Waals surface area contributed by atoms with Gasteiger partial charge >= 0.3 is 5.97 Å². The van der Waals surface area contributed by atoms with Crippen molar-refractivity contribution < 1.29 is 14.3 Å². The maximum Gasteiger partial charge on any atom is 0.310 e. The molecule has 1 atom stereocenters. The molecule has 1 heterocycles. The monoisotopic (exact) mass is 506 g/mol. The minimum absolute atomic E-state index is 0.0128. The van der Waals surface area contributed by atoms with Crippen molar-refractivity contribution in [3.05, 3.63) is 144 Å². The molecular weight excluding hydrogens is 472 g/mol. The summed E-state index contributed by atoms with van der Waals surface area (Å²) in [4.78, 5) is 28.3. The van der Waals surface area contributed by atoms with E-state index in [4.69, 9.17) is 4.74 Å². The maximum atomic E-state index is 13.9. The van der Waals surface area contributed by atoms with Crippen LogP contribution in [-0.2, 0) is 19.9 Å². The topological polar surface area (TPSA) is 58.6 Å². The number of allylic oxidation sites excluding steroid dienone is 4. The number of carbonyl (C=O) groups is 2. The van der Waals surface area contributed by atoms with Gasteiger partial charge in [0.1, 0.15) is 11.2 Å². The molecule has 3 aromatic carbocycles. The van der Waals surface area contributed by atoms with Crippen LogP contribution in [0.15, 0.2) is 127 Å². The van der Waals surface area contributed by atoms with Crippen molar-refractivity contribution in [2.45, 2.75) is 19.4 Å². The summed E-state index contributed by atoms with van der Waals surface area (Å²) in [5.74, 6) is -1.04. The predicted molar refractivity (Wildman–Crippen MR) is 151 cm³/mol. The third-order valence-electron chi connectivity index (χ3n) is 6.93. The number of ether oxygens (including phenoxy) is 1. The van der Waals surface area contributed by atoms with Gasteiger partial charge in [0.05, 0.1) is 13.0 Å². The van der Waals surface area contributed by atoms with E-state index >= 15 is 0 Å². The molecule has 4 rings (SSSR count). The number of rotatable bonds is 9. The molecule has 0 radical (unpaired) electrons. The molecule has 5 nitrogen and oxygen atoms in total. The number of benzene rings is 3. The Labute approximate surface area is 225 Å². The van der Waals surface area contributed by atoms with Crippen LogP contribution < -0.4 is 5.32 Å². The Morgan fingerprint density at radius 2 is 1.29 bits per heavy atom. The first-order valence-electron chi connectivity index (χ1n) is 12.9. The van der Waals surface area contributed by atoms with Gasteiger partial charge in [0.2, 0.25) is 0 Å². The fourth-order valence-corrected chi connectivity index (χ4v) is 4.98. The molecule has 1 aliphatic rings. The van der Waals surface area contributed by atoms with Crippen LogP contribution >= 0.6 is 0 Å². The third kappa shape index (κ3) is 5.32. The Morgan fingerprint density at radius 3 is 1.74 bits per heavy atom. The summed E-state index contributed by atoms with van der Waals surface area (Å²) in [6.45, 7) is 4.07.